The van der Waals surface area contributed by atoms with E-state index in [-0.39, 0.29) is 18.0 Å². The van der Waals surface area contributed by atoms with E-state index in [9.17, 15) is 14.7 Å². The zero-order valence-corrected chi connectivity index (χ0v) is 14.1. The maximum absolute atomic E-state index is 12.5. The first kappa shape index (κ1) is 16.4. The molecule has 24 heavy (non-hydrogen) atoms. The van der Waals surface area contributed by atoms with Gasteiger partial charge in [0.15, 0.2) is 0 Å². The monoisotopic (exact) mass is 331 g/mol. The summed E-state index contributed by atoms with van der Waals surface area (Å²) in [4.78, 5) is 26.2. The Kier molecular flexibility index (Phi) is 4.23. The van der Waals surface area contributed by atoms with Gasteiger partial charge in [0.1, 0.15) is 6.54 Å². The number of fused-ring (bicyclic) bond motifs is 1. The molecule has 0 fully saturated rings. The molecule has 2 aromatic rings. The molecule has 1 amide bonds. The average Bonchev–Trinajstić information content (AvgIpc) is 2.96. The van der Waals surface area contributed by atoms with E-state index in [1.807, 2.05) is 24.6 Å². The maximum atomic E-state index is 12.5. The van der Waals surface area contributed by atoms with Gasteiger partial charge in [-0.2, -0.15) is 10.2 Å². The van der Waals surface area contributed by atoms with Crippen LogP contribution in [0.5, 0.6) is 0 Å². The summed E-state index contributed by atoms with van der Waals surface area (Å²) in [7, 11) is 0. The number of carbonyl (C=O) groups is 1. The summed E-state index contributed by atoms with van der Waals surface area (Å²) in [6.45, 7) is 6.73. The van der Waals surface area contributed by atoms with Crippen molar-refractivity contribution in [1.29, 1.82) is 0 Å². The Labute approximate surface area is 139 Å². The van der Waals surface area contributed by atoms with Crippen LogP contribution < -0.4 is 5.56 Å². The van der Waals surface area contributed by atoms with Crippen molar-refractivity contribution >= 4 is 5.91 Å². The molecule has 0 radical (unpaired) electrons. The third kappa shape index (κ3) is 3.09. The van der Waals surface area contributed by atoms with Crippen molar-refractivity contribution in [2.24, 2.45) is 0 Å². The van der Waals surface area contributed by atoms with E-state index in [0.717, 1.165) is 17.0 Å². The lowest BCUT2D eigenvalue weighted by Gasteiger charge is -2.27. The van der Waals surface area contributed by atoms with E-state index in [0.29, 0.717) is 25.3 Å². The van der Waals surface area contributed by atoms with Gasteiger partial charge in [0, 0.05) is 12.6 Å². The van der Waals surface area contributed by atoms with Crippen molar-refractivity contribution in [3.63, 3.8) is 0 Å². The highest BCUT2D eigenvalue weighted by Gasteiger charge is 2.23. The molecule has 0 aliphatic carbocycles. The van der Waals surface area contributed by atoms with Gasteiger partial charge in [-0.3, -0.25) is 14.3 Å². The van der Waals surface area contributed by atoms with Crippen molar-refractivity contribution in [2.45, 2.75) is 46.5 Å². The van der Waals surface area contributed by atoms with Crippen LogP contribution in [0.3, 0.4) is 0 Å². The molecule has 1 atom stereocenters. The Bertz CT molecular complexity index is 837. The predicted octanol–water partition coefficient (Wildman–Crippen LogP) is 0.152. The van der Waals surface area contributed by atoms with E-state index in [2.05, 4.69) is 10.2 Å². The first-order chi connectivity index (χ1) is 11.3. The summed E-state index contributed by atoms with van der Waals surface area (Å²) in [5, 5.41) is 18.1. The summed E-state index contributed by atoms with van der Waals surface area (Å²) in [5.74, 6) is -0.154. The van der Waals surface area contributed by atoms with Gasteiger partial charge in [-0.05, 0) is 32.4 Å². The fourth-order valence-corrected chi connectivity index (χ4v) is 2.72. The number of aryl methyl sites for hydroxylation is 2. The molecular weight excluding hydrogens is 310 g/mol. The van der Waals surface area contributed by atoms with Crippen molar-refractivity contribution in [1.82, 2.24) is 24.5 Å². The predicted molar refractivity (Wildman–Crippen MR) is 86.2 cm³/mol. The van der Waals surface area contributed by atoms with Crippen molar-refractivity contribution < 1.29 is 9.90 Å². The minimum absolute atomic E-state index is 0.0721. The van der Waals surface area contributed by atoms with Crippen LogP contribution >= 0.6 is 0 Å². The number of carbonyl (C=O) groups excluding carboxylic acids is 1. The molecule has 0 spiro atoms. The Morgan fingerprint density at radius 3 is 2.75 bits per heavy atom. The maximum Gasteiger partial charge on any atom is 0.267 e. The van der Waals surface area contributed by atoms with Crippen LogP contribution in [0.4, 0.5) is 0 Å². The molecule has 0 aromatic carbocycles. The normalized spacial score (nSPS) is 15.2. The van der Waals surface area contributed by atoms with Gasteiger partial charge in [-0.25, -0.2) is 4.68 Å². The molecule has 3 heterocycles. The Hall–Kier alpha value is -2.48. The van der Waals surface area contributed by atoms with Gasteiger partial charge in [-0.1, -0.05) is 0 Å². The molecule has 2 aromatic heterocycles. The first-order valence-corrected chi connectivity index (χ1v) is 7.93. The number of hydrogen-bond acceptors (Lipinski definition) is 5. The summed E-state index contributed by atoms with van der Waals surface area (Å²) in [5.41, 5.74) is 2.76. The van der Waals surface area contributed by atoms with Crippen LogP contribution in [0.1, 0.15) is 35.7 Å². The lowest BCUT2D eigenvalue weighted by atomic mass is 10.2. The number of rotatable bonds is 3. The van der Waals surface area contributed by atoms with Gasteiger partial charge in [0.25, 0.3) is 5.56 Å². The molecule has 128 valence electrons. The lowest BCUT2D eigenvalue weighted by Crippen LogP contribution is -2.42. The second-order valence-corrected chi connectivity index (χ2v) is 6.18. The van der Waals surface area contributed by atoms with Crippen molar-refractivity contribution in [3.8, 4) is 0 Å². The summed E-state index contributed by atoms with van der Waals surface area (Å²) in [6, 6.07) is 3.31. The molecular formula is C16H21N5O3. The largest absolute Gasteiger partial charge is 0.387 e. The number of aliphatic hydroxyl groups excluding tert-OH is 1. The molecule has 1 aliphatic rings. The van der Waals surface area contributed by atoms with Gasteiger partial charge >= 0.3 is 0 Å². The number of aromatic nitrogens is 4. The number of nitrogens with zero attached hydrogens (tertiary/aromatic N) is 5. The Morgan fingerprint density at radius 1 is 1.29 bits per heavy atom. The molecule has 1 N–H and O–H groups in total. The number of amides is 1. The zero-order chi connectivity index (χ0) is 17.4. The van der Waals surface area contributed by atoms with E-state index < -0.39 is 6.10 Å². The van der Waals surface area contributed by atoms with Crippen molar-refractivity contribution in [3.05, 3.63) is 45.1 Å². The molecule has 0 unspecified atom stereocenters. The summed E-state index contributed by atoms with van der Waals surface area (Å²) < 4.78 is 3.02. The van der Waals surface area contributed by atoms with Crippen LogP contribution in [0.2, 0.25) is 0 Å². The van der Waals surface area contributed by atoms with E-state index >= 15 is 0 Å². The van der Waals surface area contributed by atoms with Gasteiger partial charge in [-0.15, -0.1) is 0 Å². The van der Waals surface area contributed by atoms with Crippen LogP contribution in [-0.2, 0) is 24.4 Å². The third-order valence-electron chi connectivity index (χ3n) is 4.32. The molecule has 1 aliphatic heterocycles. The number of aliphatic hydroxyl groups is 1. The third-order valence-corrected chi connectivity index (χ3v) is 4.32. The quantitative estimate of drug-likeness (QED) is 0.864. The highest BCUT2D eigenvalue weighted by molar-refractivity contribution is 5.76. The summed E-state index contributed by atoms with van der Waals surface area (Å²) in [6.07, 6.45) is -0.634. The Morgan fingerprint density at radius 2 is 2.04 bits per heavy atom. The average molecular weight is 331 g/mol. The minimum atomic E-state index is -0.634. The SMILES string of the molecule is Cc1cc(=O)n(CC(=O)N2CCn3nc([C@@H](C)O)cc3C2)nc1C. The zero-order valence-electron chi connectivity index (χ0n) is 14.1. The fourth-order valence-electron chi connectivity index (χ4n) is 2.72. The smallest absolute Gasteiger partial charge is 0.267 e. The topological polar surface area (TPSA) is 93.2 Å². The van der Waals surface area contributed by atoms with Crippen molar-refractivity contribution in [2.75, 3.05) is 6.54 Å². The highest BCUT2D eigenvalue weighted by atomic mass is 16.3. The second-order valence-electron chi connectivity index (χ2n) is 6.18. The molecule has 8 nitrogen and oxygen atoms in total. The molecule has 3 rings (SSSR count). The highest BCUT2D eigenvalue weighted by Crippen LogP contribution is 2.18. The van der Waals surface area contributed by atoms with E-state index in [1.165, 1.54) is 10.7 Å². The Balaban J connectivity index is 1.75. The molecule has 0 saturated carbocycles. The fraction of sp³-hybridized carbons (Fsp3) is 0.500. The van der Waals surface area contributed by atoms with E-state index in [1.54, 1.807) is 11.8 Å². The van der Waals surface area contributed by atoms with Gasteiger partial charge in [0.2, 0.25) is 5.91 Å². The molecule has 8 heteroatoms. The van der Waals surface area contributed by atoms with Crippen LogP contribution in [0.25, 0.3) is 0 Å². The summed E-state index contributed by atoms with van der Waals surface area (Å²) >= 11 is 0. The first-order valence-electron chi connectivity index (χ1n) is 7.93. The standard InChI is InChI=1S/C16H21N5O3/c1-10-6-15(23)21(17-11(10)2)9-16(24)19-4-5-20-13(8-19)7-14(18-20)12(3)22/h6-7,12,22H,4-5,8-9H2,1-3H3/t12-/m1/s1. The van der Waals surface area contributed by atoms with Crippen LogP contribution in [-0.4, -0.2) is 42.0 Å². The van der Waals surface area contributed by atoms with Crippen LogP contribution in [0.15, 0.2) is 16.9 Å². The molecule has 0 saturated heterocycles. The van der Waals surface area contributed by atoms with E-state index in [4.69, 9.17) is 0 Å². The minimum Gasteiger partial charge on any atom is -0.387 e. The molecule has 0 bridgehead atoms. The number of hydrogen-bond donors (Lipinski definition) is 1. The lowest BCUT2D eigenvalue weighted by molar-refractivity contribution is -0.133. The van der Waals surface area contributed by atoms with Gasteiger partial charge in [0.05, 0.1) is 36.3 Å². The second kappa shape index (κ2) is 6.20. The van der Waals surface area contributed by atoms with Gasteiger partial charge < -0.3 is 10.0 Å². The van der Waals surface area contributed by atoms with Crippen LogP contribution in [0, 0.1) is 13.8 Å².